The molecule has 17 heavy (non-hydrogen) atoms. The number of rotatable bonds is 0. The van der Waals surface area contributed by atoms with Gasteiger partial charge in [0.2, 0.25) is 0 Å². The molecule has 0 aliphatic heterocycles. The Labute approximate surface area is 107 Å². The van der Waals surface area contributed by atoms with Crippen molar-refractivity contribution in [1.29, 1.82) is 0 Å². The first-order chi connectivity index (χ1) is 8.00. The van der Waals surface area contributed by atoms with Crippen LogP contribution < -0.4 is 0 Å². The summed E-state index contributed by atoms with van der Waals surface area (Å²) in [4.78, 5) is 0. The fourth-order valence-electron chi connectivity index (χ4n) is 5.42. The van der Waals surface area contributed by atoms with Gasteiger partial charge in [0.05, 0.1) is 0 Å². The van der Waals surface area contributed by atoms with Crippen molar-refractivity contribution >= 4 is 0 Å². The maximum atomic E-state index is 2.58. The largest absolute Gasteiger partial charge is 0.0853 e. The first-order valence-electron chi connectivity index (χ1n) is 7.65. The average Bonchev–Trinajstić information content (AvgIpc) is 2.49. The van der Waals surface area contributed by atoms with Crippen LogP contribution in [0.1, 0.15) is 59.8 Å². The molecule has 0 heterocycles. The van der Waals surface area contributed by atoms with Gasteiger partial charge < -0.3 is 0 Å². The Hall–Kier alpha value is -0.260. The predicted octanol–water partition coefficient (Wildman–Crippen LogP) is 5.05. The van der Waals surface area contributed by atoms with Gasteiger partial charge in [0.15, 0.2) is 0 Å². The van der Waals surface area contributed by atoms with Crippen LogP contribution in [-0.2, 0) is 0 Å². The second kappa shape index (κ2) is 3.87. The lowest BCUT2D eigenvalue weighted by Gasteiger charge is -2.39. The van der Waals surface area contributed by atoms with E-state index >= 15 is 0 Å². The van der Waals surface area contributed by atoms with Gasteiger partial charge in [0.1, 0.15) is 0 Å². The summed E-state index contributed by atoms with van der Waals surface area (Å²) in [6, 6.07) is 0. The normalized spacial score (nSPS) is 48.2. The maximum absolute atomic E-state index is 2.58. The Kier molecular flexibility index (Phi) is 2.69. The van der Waals surface area contributed by atoms with E-state index in [9.17, 15) is 0 Å². The van der Waals surface area contributed by atoms with Gasteiger partial charge >= 0.3 is 0 Å². The molecular formula is C17H28. The number of allylic oxidation sites excluding steroid dienone is 2. The molecule has 0 saturated heterocycles. The molecule has 0 aromatic carbocycles. The Bertz CT molecular complexity index is 336. The molecule has 0 aromatic rings. The molecule has 5 unspecified atom stereocenters. The highest BCUT2D eigenvalue weighted by molar-refractivity contribution is 5.15. The zero-order valence-corrected chi connectivity index (χ0v) is 12.0. The first-order valence-corrected chi connectivity index (χ1v) is 7.65. The molecule has 2 saturated carbocycles. The highest BCUT2D eigenvalue weighted by Crippen LogP contribution is 2.63. The Morgan fingerprint density at radius 1 is 1.12 bits per heavy atom. The van der Waals surface area contributed by atoms with Crippen LogP contribution >= 0.6 is 0 Å². The van der Waals surface area contributed by atoms with Gasteiger partial charge in [-0.2, -0.15) is 0 Å². The zero-order chi connectivity index (χ0) is 12.2. The molecule has 3 rings (SSSR count). The summed E-state index contributed by atoms with van der Waals surface area (Å²) in [6.07, 6.45) is 9.82. The molecule has 2 fully saturated rings. The molecule has 0 radical (unpaired) electrons. The van der Waals surface area contributed by atoms with Crippen molar-refractivity contribution in [3.8, 4) is 0 Å². The summed E-state index contributed by atoms with van der Waals surface area (Å²) in [5, 5.41) is 0. The summed E-state index contributed by atoms with van der Waals surface area (Å²) in [5.74, 6) is 5.04. The number of hydrogen-bond acceptors (Lipinski definition) is 0. The number of fused-ring (bicyclic) bond motifs is 3. The SMILES string of the molecule is CC1=CCC2C3CCC(C)CC3C(C)(C)C2C1. The molecule has 0 bridgehead atoms. The third kappa shape index (κ3) is 1.71. The van der Waals surface area contributed by atoms with Gasteiger partial charge in [-0.25, -0.2) is 0 Å². The van der Waals surface area contributed by atoms with Crippen LogP contribution in [0.5, 0.6) is 0 Å². The van der Waals surface area contributed by atoms with E-state index in [-0.39, 0.29) is 0 Å². The summed E-state index contributed by atoms with van der Waals surface area (Å²) in [6.45, 7) is 9.96. The van der Waals surface area contributed by atoms with Crippen LogP contribution in [0, 0.1) is 35.0 Å². The molecule has 0 heteroatoms. The van der Waals surface area contributed by atoms with Gasteiger partial charge in [0.25, 0.3) is 0 Å². The second-order valence-corrected chi connectivity index (χ2v) is 7.77. The van der Waals surface area contributed by atoms with E-state index in [1.54, 1.807) is 5.57 Å². The lowest BCUT2D eigenvalue weighted by molar-refractivity contribution is 0.110. The van der Waals surface area contributed by atoms with E-state index in [0.29, 0.717) is 5.41 Å². The molecule has 0 spiro atoms. The molecule has 0 nitrogen and oxygen atoms in total. The van der Waals surface area contributed by atoms with E-state index in [1.807, 2.05) is 0 Å². The topological polar surface area (TPSA) is 0 Å². The minimum Gasteiger partial charge on any atom is -0.0853 e. The second-order valence-electron chi connectivity index (χ2n) is 7.77. The number of hydrogen-bond donors (Lipinski definition) is 0. The average molecular weight is 232 g/mol. The van der Waals surface area contributed by atoms with Gasteiger partial charge in [-0.05, 0) is 67.6 Å². The van der Waals surface area contributed by atoms with E-state index in [0.717, 1.165) is 29.6 Å². The predicted molar refractivity (Wildman–Crippen MR) is 73.7 cm³/mol. The lowest BCUT2D eigenvalue weighted by atomic mass is 9.66. The monoisotopic (exact) mass is 232 g/mol. The Balaban J connectivity index is 1.91. The quantitative estimate of drug-likeness (QED) is 0.513. The molecule has 96 valence electrons. The van der Waals surface area contributed by atoms with Crippen molar-refractivity contribution in [3.63, 3.8) is 0 Å². The van der Waals surface area contributed by atoms with Crippen LogP contribution in [0.4, 0.5) is 0 Å². The third-order valence-corrected chi connectivity index (χ3v) is 6.42. The van der Waals surface area contributed by atoms with Gasteiger partial charge in [0, 0.05) is 0 Å². The van der Waals surface area contributed by atoms with Gasteiger partial charge in [-0.15, -0.1) is 0 Å². The summed E-state index contributed by atoms with van der Waals surface area (Å²) < 4.78 is 0. The van der Waals surface area contributed by atoms with E-state index in [2.05, 4.69) is 33.8 Å². The zero-order valence-electron chi connectivity index (χ0n) is 12.0. The van der Waals surface area contributed by atoms with Gasteiger partial charge in [-0.3, -0.25) is 0 Å². The Morgan fingerprint density at radius 2 is 1.88 bits per heavy atom. The van der Waals surface area contributed by atoms with Crippen LogP contribution in [0.2, 0.25) is 0 Å². The minimum atomic E-state index is 0.597. The van der Waals surface area contributed by atoms with Crippen LogP contribution in [0.15, 0.2) is 11.6 Å². The van der Waals surface area contributed by atoms with Gasteiger partial charge in [-0.1, -0.05) is 38.8 Å². The summed E-state index contributed by atoms with van der Waals surface area (Å²) >= 11 is 0. The van der Waals surface area contributed by atoms with E-state index < -0.39 is 0 Å². The minimum absolute atomic E-state index is 0.597. The standard InChI is InChI=1S/C17H28/c1-11-5-7-13-14-8-6-12(2)10-16(14)17(3,4)15(13)9-11/h5,12-16H,6-10H2,1-4H3. The molecule has 3 aliphatic carbocycles. The molecule has 3 aliphatic rings. The molecule has 5 atom stereocenters. The van der Waals surface area contributed by atoms with Crippen molar-refractivity contribution in [3.05, 3.63) is 11.6 Å². The molecule has 0 aromatic heterocycles. The van der Waals surface area contributed by atoms with E-state index in [1.165, 1.54) is 32.1 Å². The van der Waals surface area contributed by atoms with Crippen LogP contribution in [0.3, 0.4) is 0 Å². The van der Waals surface area contributed by atoms with E-state index in [4.69, 9.17) is 0 Å². The Morgan fingerprint density at radius 3 is 2.65 bits per heavy atom. The van der Waals surface area contributed by atoms with Crippen molar-refractivity contribution < 1.29 is 0 Å². The smallest absolute Gasteiger partial charge is 0.0287 e. The lowest BCUT2D eigenvalue weighted by Crippen LogP contribution is -2.31. The van der Waals surface area contributed by atoms with Crippen LogP contribution in [-0.4, -0.2) is 0 Å². The van der Waals surface area contributed by atoms with Crippen molar-refractivity contribution in [2.75, 3.05) is 0 Å². The van der Waals surface area contributed by atoms with Crippen LogP contribution in [0.25, 0.3) is 0 Å². The highest BCUT2D eigenvalue weighted by Gasteiger charge is 2.55. The molecule has 0 N–H and O–H groups in total. The maximum Gasteiger partial charge on any atom is -0.0287 e. The fraction of sp³-hybridized carbons (Fsp3) is 0.882. The molecular weight excluding hydrogens is 204 g/mol. The van der Waals surface area contributed by atoms with Crippen molar-refractivity contribution in [2.24, 2.45) is 35.0 Å². The fourth-order valence-corrected chi connectivity index (χ4v) is 5.42. The van der Waals surface area contributed by atoms with Crippen molar-refractivity contribution in [2.45, 2.75) is 59.8 Å². The third-order valence-electron chi connectivity index (χ3n) is 6.42. The summed E-state index contributed by atoms with van der Waals surface area (Å²) in [7, 11) is 0. The molecule has 0 amide bonds. The van der Waals surface area contributed by atoms with Crippen molar-refractivity contribution in [1.82, 2.24) is 0 Å². The summed E-state index contributed by atoms with van der Waals surface area (Å²) in [5.41, 5.74) is 2.26. The highest BCUT2D eigenvalue weighted by atomic mass is 14.6. The first kappa shape index (κ1) is 11.8.